The zero-order valence-electron chi connectivity index (χ0n) is 17.7. The Labute approximate surface area is 177 Å². The maximum Gasteiger partial charge on any atom is 0.264 e. The van der Waals surface area contributed by atoms with Crippen LogP contribution in [0.25, 0.3) is 0 Å². The maximum atomic E-state index is 12.8. The van der Waals surface area contributed by atoms with E-state index >= 15 is 0 Å². The molecule has 2 amide bonds. The second kappa shape index (κ2) is 10.0. The molecule has 0 spiro atoms. The van der Waals surface area contributed by atoms with E-state index in [4.69, 9.17) is 0 Å². The van der Waals surface area contributed by atoms with Crippen molar-refractivity contribution in [1.82, 2.24) is 9.80 Å². The van der Waals surface area contributed by atoms with Crippen LogP contribution in [0.2, 0.25) is 0 Å². The first-order valence-electron chi connectivity index (χ1n) is 10.5. The molecule has 1 aromatic carbocycles. The minimum absolute atomic E-state index is 0.0227. The molecule has 0 radical (unpaired) electrons. The van der Waals surface area contributed by atoms with Crippen molar-refractivity contribution in [2.75, 3.05) is 38.0 Å². The van der Waals surface area contributed by atoms with E-state index in [1.54, 1.807) is 0 Å². The van der Waals surface area contributed by atoms with Crippen LogP contribution in [0.3, 0.4) is 0 Å². The van der Waals surface area contributed by atoms with E-state index < -0.39 is 0 Å². The molecule has 0 atom stereocenters. The smallest absolute Gasteiger partial charge is 0.264 e. The van der Waals surface area contributed by atoms with Gasteiger partial charge in [0.15, 0.2) is 0 Å². The summed E-state index contributed by atoms with van der Waals surface area (Å²) in [5.41, 5.74) is 4.37. The number of amides is 2. The van der Waals surface area contributed by atoms with E-state index in [1.165, 1.54) is 22.5 Å². The van der Waals surface area contributed by atoms with Crippen molar-refractivity contribution in [2.24, 2.45) is 0 Å². The molecule has 2 aromatic rings. The van der Waals surface area contributed by atoms with Gasteiger partial charge in [-0.1, -0.05) is 32.0 Å². The number of para-hydroxylation sites is 1. The van der Waals surface area contributed by atoms with Crippen LogP contribution in [-0.4, -0.2) is 54.3 Å². The van der Waals surface area contributed by atoms with Gasteiger partial charge in [0.25, 0.3) is 5.91 Å². The van der Waals surface area contributed by atoms with Crippen LogP contribution in [0.4, 0.5) is 5.69 Å². The summed E-state index contributed by atoms with van der Waals surface area (Å²) < 4.78 is 0. The van der Waals surface area contributed by atoms with Crippen molar-refractivity contribution >= 4 is 28.8 Å². The number of carbonyl (C=O) groups is 2. The molecule has 1 N–H and O–H groups in total. The van der Waals surface area contributed by atoms with Crippen LogP contribution < -0.4 is 5.32 Å². The summed E-state index contributed by atoms with van der Waals surface area (Å²) in [7, 11) is 0. The Hall–Kier alpha value is -2.18. The van der Waals surface area contributed by atoms with Crippen LogP contribution >= 0.6 is 11.3 Å². The molecule has 1 aliphatic heterocycles. The summed E-state index contributed by atoms with van der Waals surface area (Å²) >= 11 is 1.51. The molecule has 29 heavy (non-hydrogen) atoms. The molecule has 6 heteroatoms. The Morgan fingerprint density at radius 1 is 1.03 bits per heavy atom. The largest absolute Gasteiger partial charge is 0.337 e. The number of rotatable bonds is 6. The number of nitrogens with zero attached hydrogens (tertiary/aromatic N) is 2. The standard InChI is InChI=1S/C23H31N3O2S/c1-4-18-8-6-9-19(5-2)21(18)24-20(27)16-25-11-7-12-26(14-13-25)23(28)22-17(3)10-15-29-22/h6,8-10,15H,4-5,7,11-14,16H2,1-3H3,(H,24,27). The fraction of sp³-hybridized carbons (Fsp3) is 0.478. The summed E-state index contributed by atoms with van der Waals surface area (Å²) in [6, 6.07) is 8.21. The molecular formula is C23H31N3O2S. The number of hydrogen-bond donors (Lipinski definition) is 1. The van der Waals surface area contributed by atoms with Gasteiger partial charge in [-0.3, -0.25) is 14.5 Å². The fourth-order valence-electron chi connectivity index (χ4n) is 3.85. The van der Waals surface area contributed by atoms with Gasteiger partial charge in [-0.2, -0.15) is 0 Å². The van der Waals surface area contributed by atoms with Crippen LogP contribution in [0.1, 0.15) is 46.6 Å². The summed E-state index contributed by atoms with van der Waals surface area (Å²) in [6.45, 7) is 9.52. The third kappa shape index (κ3) is 5.25. The van der Waals surface area contributed by atoms with Crippen LogP contribution in [-0.2, 0) is 17.6 Å². The minimum Gasteiger partial charge on any atom is -0.337 e. The first-order chi connectivity index (χ1) is 14.0. The molecule has 5 nitrogen and oxygen atoms in total. The lowest BCUT2D eigenvalue weighted by Crippen LogP contribution is -2.38. The average molecular weight is 414 g/mol. The zero-order valence-corrected chi connectivity index (χ0v) is 18.5. The quantitative estimate of drug-likeness (QED) is 0.780. The first kappa shape index (κ1) is 21.5. The Bertz CT molecular complexity index is 839. The predicted octanol–water partition coefficient (Wildman–Crippen LogP) is 3.97. The van der Waals surface area contributed by atoms with Gasteiger partial charge in [-0.15, -0.1) is 11.3 Å². The van der Waals surface area contributed by atoms with Crippen LogP contribution in [0, 0.1) is 6.92 Å². The highest BCUT2D eigenvalue weighted by Gasteiger charge is 2.23. The molecule has 1 aromatic heterocycles. The molecule has 0 unspecified atom stereocenters. The predicted molar refractivity (Wildman–Crippen MR) is 120 cm³/mol. The van der Waals surface area contributed by atoms with E-state index in [1.807, 2.05) is 23.3 Å². The van der Waals surface area contributed by atoms with Gasteiger partial charge < -0.3 is 10.2 Å². The Morgan fingerprint density at radius 3 is 2.38 bits per heavy atom. The molecule has 1 aliphatic rings. The highest BCUT2D eigenvalue weighted by atomic mass is 32.1. The van der Waals surface area contributed by atoms with Crippen molar-refractivity contribution in [3.05, 3.63) is 51.2 Å². The number of nitrogens with one attached hydrogen (secondary N) is 1. The van der Waals surface area contributed by atoms with Gasteiger partial charge in [-0.05, 0) is 54.3 Å². The monoisotopic (exact) mass is 413 g/mol. The lowest BCUT2D eigenvalue weighted by Gasteiger charge is -2.22. The van der Waals surface area contributed by atoms with E-state index in [-0.39, 0.29) is 11.8 Å². The van der Waals surface area contributed by atoms with E-state index in [2.05, 4.69) is 42.3 Å². The number of carbonyl (C=O) groups excluding carboxylic acids is 2. The van der Waals surface area contributed by atoms with E-state index in [0.29, 0.717) is 13.1 Å². The zero-order chi connectivity index (χ0) is 20.8. The molecule has 156 valence electrons. The number of aryl methyl sites for hydroxylation is 3. The molecule has 1 fully saturated rings. The lowest BCUT2D eigenvalue weighted by molar-refractivity contribution is -0.117. The van der Waals surface area contributed by atoms with Gasteiger partial charge >= 0.3 is 0 Å². The first-order valence-corrected chi connectivity index (χ1v) is 11.4. The number of benzene rings is 1. The number of anilines is 1. The highest BCUT2D eigenvalue weighted by molar-refractivity contribution is 7.12. The van der Waals surface area contributed by atoms with Crippen molar-refractivity contribution in [3.63, 3.8) is 0 Å². The average Bonchev–Trinajstić information content (AvgIpc) is 3.01. The SMILES string of the molecule is CCc1cccc(CC)c1NC(=O)CN1CCCN(C(=O)c2sccc2C)CC1. The molecule has 2 heterocycles. The normalized spacial score (nSPS) is 15.2. The van der Waals surface area contributed by atoms with Gasteiger partial charge in [0.1, 0.15) is 0 Å². The summed E-state index contributed by atoms with van der Waals surface area (Å²) in [6.07, 6.45) is 2.67. The third-order valence-corrected chi connectivity index (χ3v) is 6.57. The van der Waals surface area contributed by atoms with E-state index in [9.17, 15) is 9.59 Å². The van der Waals surface area contributed by atoms with Crippen LogP contribution in [0.5, 0.6) is 0 Å². The Kier molecular flexibility index (Phi) is 7.45. The Morgan fingerprint density at radius 2 is 1.76 bits per heavy atom. The van der Waals surface area contributed by atoms with Crippen molar-refractivity contribution in [3.8, 4) is 0 Å². The number of hydrogen-bond acceptors (Lipinski definition) is 4. The van der Waals surface area contributed by atoms with Crippen LogP contribution in [0.15, 0.2) is 29.6 Å². The second-order valence-electron chi connectivity index (χ2n) is 7.56. The van der Waals surface area contributed by atoms with Gasteiger partial charge in [0.05, 0.1) is 11.4 Å². The molecule has 0 aliphatic carbocycles. The molecule has 1 saturated heterocycles. The molecular weight excluding hydrogens is 382 g/mol. The van der Waals surface area contributed by atoms with Gasteiger partial charge in [0.2, 0.25) is 5.91 Å². The Balaban J connectivity index is 1.59. The summed E-state index contributed by atoms with van der Waals surface area (Å²) in [4.78, 5) is 30.4. The molecule has 3 rings (SSSR count). The number of thiophene rings is 1. The van der Waals surface area contributed by atoms with Gasteiger partial charge in [-0.25, -0.2) is 0 Å². The van der Waals surface area contributed by atoms with Crippen molar-refractivity contribution in [1.29, 1.82) is 0 Å². The lowest BCUT2D eigenvalue weighted by atomic mass is 10.0. The molecule has 0 bridgehead atoms. The van der Waals surface area contributed by atoms with Crippen molar-refractivity contribution in [2.45, 2.75) is 40.0 Å². The summed E-state index contributed by atoms with van der Waals surface area (Å²) in [5.74, 6) is 0.141. The highest BCUT2D eigenvalue weighted by Crippen LogP contribution is 2.23. The summed E-state index contributed by atoms with van der Waals surface area (Å²) in [5, 5.41) is 5.12. The maximum absolute atomic E-state index is 12.8. The third-order valence-electron chi connectivity index (χ3n) is 5.56. The van der Waals surface area contributed by atoms with Crippen molar-refractivity contribution < 1.29 is 9.59 Å². The minimum atomic E-state index is 0.0227. The topological polar surface area (TPSA) is 52.7 Å². The fourth-order valence-corrected chi connectivity index (χ4v) is 4.74. The second-order valence-corrected chi connectivity index (χ2v) is 8.48. The molecule has 0 saturated carbocycles. The van der Waals surface area contributed by atoms with Gasteiger partial charge in [0, 0.05) is 31.9 Å². The van der Waals surface area contributed by atoms with E-state index in [0.717, 1.165) is 55.0 Å².